The number of benzene rings is 1. The lowest BCUT2D eigenvalue weighted by Gasteiger charge is -2.00. The van der Waals surface area contributed by atoms with E-state index in [1.807, 2.05) is 0 Å². The molecule has 102 valence electrons. The van der Waals surface area contributed by atoms with E-state index >= 15 is 0 Å². The highest BCUT2D eigenvalue weighted by Gasteiger charge is 2.18. The Morgan fingerprint density at radius 2 is 2.15 bits per heavy atom. The predicted octanol–water partition coefficient (Wildman–Crippen LogP) is -0.309. The molecular weight excluding hydrogens is 264 g/mol. The Morgan fingerprint density at radius 1 is 1.35 bits per heavy atom. The van der Waals surface area contributed by atoms with E-state index in [9.17, 15) is 9.59 Å². The van der Waals surface area contributed by atoms with Gasteiger partial charge in [0.15, 0.2) is 11.4 Å². The second-order valence-corrected chi connectivity index (χ2v) is 4.09. The first-order valence-corrected chi connectivity index (χ1v) is 5.65. The summed E-state index contributed by atoms with van der Waals surface area (Å²) >= 11 is 0. The fourth-order valence-electron chi connectivity index (χ4n) is 1.88. The number of aromatic nitrogens is 4. The van der Waals surface area contributed by atoms with E-state index in [1.165, 1.54) is 6.20 Å². The van der Waals surface area contributed by atoms with Crippen molar-refractivity contribution >= 4 is 28.5 Å². The molecule has 2 heterocycles. The van der Waals surface area contributed by atoms with Gasteiger partial charge >= 0.3 is 5.76 Å². The summed E-state index contributed by atoms with van der Waals surface area (Å²) in [6, 6.07) is 4.77. The zero-order valence-electron chi connectivity index (χ0n) is 10.2. The topological polar surface area (TPSA) is 135 Å². The largest absolute Gasteiger partial charge is 0.427 e. The van der Waals surface area contributed by atoms with Crippen molar-refractivity contribution in [3.05, 3.63) is 34.9 Å². The zero-order valence-corrected chi connectivity index (χ0v) is 10.2. The number of nitrogens with two attached hydrogens (primary N) is 2. The molecule has 0 saturated heterocycles. The fourth-order valence-corrected chi connectivity index (χ4v) is 1.88. The fraction of sp³-hybridized carbons (Fsp3) is 0.0909. The van der Waals surface area contributed by atoms with E-state index in [0.717, 1.165) is 9.36 Å². The molecule has 0 atom stereocenters. The van der Waals surface area contributed by atoms with Crippen molar-refractivity contribution in [1.82, 2.24) is 19.6 Å². The van der Waals surface area contributed by atoms with E-state index in [0.29, 0.717) is 5.52 Å². The van der Waals surface area contributed by atoms with Gasteiger partial charge in [0, 0.05) is 0 Å². The first kappa shape index (κ1) is 12.0. The molecule has 9 nitrogen and oxygen atoms in total. The Kier molecular flexibility index (Phi) is 2.53. The molecule has 9 heteroatoms. The molecule has 3 rings (SSSR count). The number of nitrogen functional groups attached to an aromatic ring is 2. The molecule has 0 saturated carbocycles. The maximum atomic E-state index is 12.2. The molecule has 2 aromatic heterocycles. The van der Waals surface area contributed by atoms with Gasteiger partial charge in [-0.05, 0) is 12.1 Å². The number of fused-ring (bicyclic) bond motifs is 1. The molecule has 3 aromatic rings. The zero-order chi connectivity index (χ0) is 14.3. The number of hydrogen-bond donors (Lipinski definition) is 2. The molecule has 4 N–H and O–H groups in total. The predicted molar refractivity (Wildman–Crippen MR) is 69.9 cm³/mol. The van der Waals surface area contributed by atoms with Gasteiger partial charge in [0.05, 0.1) is 11.9 Å². The highest BCUT2D eigenvalue weighted by Crippen LogP contribution is 2.19. The second-order valence-electron chi connectivity index (χ2n) is 4.09. The van der Waals surface area contributed by atoms with Gasteiger partial charge in [0.2, 0.25) is 0 Å². The normalized spacial score (nSPS) is 11.0. The van der Waals surface area contributed by atoms with Crippen molar-refractivity contribution in [2.45, 2.75) is 6.54 Å². The number of oxazole rings is 1. The first-order valence-electron chi connectivity index (χ1n) is 5.65. The van der Waals surface area contributed by atoms with Gasteiger partial charge in [-0.25, -0.2) is 9.36 Å². The summed E-state index contributed by atoms with van der Waals surface area (Å²) < 4.78 is 5.87. The lowest BCUT2D eigenvalue weighted by atomic mass is 10.3. The van der Waals surface area contributed by atoms with Gasteiger partial charge in [-0.3, -0.25) is 4.79 Å². The Morgan fingerprint density at radius 3 is 2.85 bits per heavy atom. The van der Waals surface area contributed by atoms with Crippen LogP contribution in [0.1, 0.15) is 4.79 Å². The quantitative estimate of drug-likeness (QED) is 0.612. The molecule has 0 spiro atoms. The van der Waals surface area contributed by atoms with E-state index in [-0.39, 0.29) is 23.6 Å². The summed E-state index contributed by atoms with van der Waals surface area (Å²) in [5.41, 5.74) is 11.9. The summed E-state index contributed by atoms with van der Waals surface area (Å²) in [7, 11) is 0. The SMILES string of the molecule is Nc1cnn(CC(=O)n2c(=O)oc3c(N)cccc32)n1. The maximum absolute atomic E-state index is 12.2. The minimum absolute atomic E-state index is 0.179. The van der Waals surface area contributed by atoms with Crippen LogP contribution in [-0.4, -0.2) is 25.5 Å². The minimum atomic E-state index is -0.803. The third-order valence-corrected chi connectivity index (χ3v) is 2.72. The van der Waals surface area contributed by atoms with E-state index in [1.54, 1.807) is 18.2 Å². The number of carbonyl (C=O) groups is 1. The van der Waals surface area contributed by atoms with Crippen LogP contribution in [0.3, 0.4) is 0 Å². The molecule has 0 radical (unpaired) electrons. The standard InChI is InChI=1S/C11H10N6O3/c12-6-2-1-3-7-10(6)20-11(19)17(7)9(18)5-16-14-4-8(13)15-16/h1-4H,5,12H2,(H2,13,15). The molecule has 0 amide bonds. The van der Waals surface area contributed by atoms with Crippen LogP contribution in [0.25, 0.3) is 11.1 Å². The molecule has 0 aliphatic rings. The third kappa shape index (κ3) is 1.81. The average Bonchev–Trinajstić information content (AvgIpc) is 2.93. The van der Waals surface area contributed by atoms with Crippen LogP contribution in [0.4, 0.5) is 11.5 Å². The van der Waals surface area contributed by atoms with Crippen LogP contribution in [0.5, 0.6) is 0 Å². The van der Waals surface area contributed by atoms with Gasteiger partial charge in [-0.2, -0.15) is 9.90 Å². The van der Waals surface area contributed by atoms with Crippen molar-refractivity contribution in [1.29, 1.82) is 0 Å². The second kappa shape index (κ2) is 4.23. The van der Waals surface area contributed by atoms with E-state index < -0.39 is 11.7 Å². The molecule has 0 fully saturated rings. The summed E-state index contributed by atoms with van der Waals surface area (Å²) in [5.74, 6) is -1.16. The summed E-state index contributed by atoms with van der Waals surface area (Å²) in [6.45, 7) is -0.236. The smallest absolute Gasteiger partial charge is 0.405 e. The van der Waals surface area contributed by atoms with Crippen LogP contribution in [0.15, 0.2) is 33.6 Å². The van der Waals surface area contributed by atoms with Crippen LogP contribution in [-0.2, 0) is 6.54 Å². The molecule has 0 aliphatic heterocycles. The van der Waals surface area contributed by atoms with Crippen molar-refractivity contribution in [3.63, 3.8) is 0 Å². The lowest BCUT2D eigenvalue weighted by Crippen LogP contribution is -2.27. The molecule has 0 aliphatic carbocycles. The number of carbonyl (C=O) groups excluding carboxylic acids is 1. The van der Waals surface area contributed by atoms with Gasteiger partial charge in [0.1, 0.15) is 12.1 Å². The Hall–Kier alpha value is -3.10. The Bertz CT molecular complexity index is 859. The number of nitrogens with zero attached hydrogens (tertiary/aromatic N) is 4. The van der Waals surface area contributed by atoms with Crippen LogP contribution >= 0.6 is 0 Å². The van der Waals surface area contributed by atoms with Gasteiger partial charge in [-0.15, -0.1) is 5.10 Å². The highest BCUT2D eigenvalue weighted by molar-refractivity contribution is 5.93. The molecule has 0 bridgehead atoms. The first-order chi connectivity index (χ1) is 9.56. The van der Waals surface area contributed by atoms with Crippen LogP contribution < -0.4 is 17.2 Å². The monoisotopic (exact) mass is 274 g/mol. The van der Waals surface area contributed by atoms with Crippen molar-refractivity contribution < 1.29 is 9.21 Å². The summed E-state index contributed by atoms with van der Waals surface area (Å²) in [4.78, 5) is 25.0. The van der Waals surface area contributed by atoms with Gasteiger partial charge in [0.25, 0.3) is 5.91 Å². The highest BCUT2D eigenvalue weighted by atomic mass is 16.4. The Labute approximate surface area is 111 Å². The molecule has 1 aromatic carbocycles. The van der Waals surface area contributed by atoms with Crippen LogP contribution in [0.2, 0.25) is 0 Å². The number of anilines is 2. The minimum Gasteiger partial charge on any atom is -0.405 e. The number of para-hydroxylation sites is 1. The van der Waals surface area contributed by atoms with Gasteiger partial charge < -0.3 is 15.9 Å². The average molecular weight is 274 g/mol. The number of rotatable bonds is 2. The third-order valence-electron chi connectivity index (χ3n) is 2.72. The van der Waals surface area contributed by atoms with Gasteiger partial charge in [-0.1, -0.05) is 6.07 Å². The molecule has 0 unspecified atom stereocenters. The molecular formula is C11H10N6O3. The lowest BCUT2D eigenvalue weighted by molar-refractivity contribution is 0.0877. The van der Waals surface area contributed by atoms with Crippen LogP contribution in [0, 0.1) is 0 Å². The number of hydrogen-bond acceptors (Lipinski definition) is 7. The molecule has 20 heavy (non-hydrogen) atoms. The van der Waals surface area contributed by atoms with E-state index in [4.69, 9.17) is 15.9 Å². The van der Waals surface area contributed by atoms with Crippen molar-refractivity contribution in [2.24, 2.45) is 0 Å². The van der Waals surface area contributed by atoms with Crippen molar-refractivity contribution in [2.75, 3.05) is 11.5 Å². The summed E-state index contributed by atoms with van der Waals surface area (Å²) in [6.07, 6.45) is 1.31. The summed E-state index contributed by atoms with van der Waals surface area (Å²) in [5, 5.41) is 7.56. The van der Waals surface area contributed by atoms with E-state index in [2.05, 4.69) is 10.2 Å². The van der Waals surface area contributed by atoms with Crippen molar-refractivity contribution in [3.8, 4) is 0 Å². The Balaban J connectivity index is 2.06. The maximum Gasteiger partial charge on any atom is 0.427 e.